The van der Waals surface area contributed by atoms with Gasteiger partial charge in [0.25, 0.3) is 0 Å². The van der Waals surface area contributed by atoms with Crippen molar-refractivity contribution in [3.63, 3.8) is 0 Å². The summed E-state index contributed by atoms with van der Waals surface area (Å²) in [6, 6.07) is 16.2. The molecule has 1 aromatic heterocycles. The number of carbonyl (C=O) groups is 1. The van der Waals surface area contributed by atoms with E-state index in [0.29, 0.717) is 13.1 Å². The Morgan fingerprint density at radius 1 is 0.970 bits per heavy atom. The summed E-state index contributed by atoms with van der Waals surface area (Å²) in [6.07, 6.45) is 3.32. The van der Waals surface area contributed by atoms with Gasteiger partial charge in [0.05, 0.1) is 16.4 Å². The first kappa shape index (κ1) is 23.2. The monoisotopic (exact) mass is 484 g/mol. The fraction of sp³-hybridized carbons (Fsp3) is 0.250. The fourth-order valence-corrected chi connectivity index (χ4v) is 5.83. The third kappa shape index (κ3) is 4.73. The van der Waals surface area contributed by atoms with E-state index in [4.69, 9.17) is 11.6 Å². The number of nitrogens with zero attached hydrogens (tertiary/aromatic N) is 4. The van der Waals surface area contributed by atoms with E-state index in [1.54, 1.807) is 29.2 Å². The highest BCUT2D eigenvalue weighted by Crippen LogP contribution is 2.25. The largest absolute Gasteiger partial charge is 0.337 e. The molecule has 0 aliphatic carbocycles. The van der Waals surface area contributed by atoms with Crippen LogP contribution in [0.4, 0.5) is 0 Å². The van der Waals surface area contributed by atoms with Crippen molar-refractivity contribution in [2.45, 2.75) is 18.7 Å². The number of hydrogen-bond acceptors (Lipinski definition) is 4. The Balaban J connectivity index is 1.43. The van der Waals surface area contributed by atoms with Gasteiger partial charge in [0.1, 0.15) is 4.90 Å². The molecule has 1 aliphatic heterocycles. The van der Waals surface area contributed by atoms with Crippen molar-refractivity contribution in [3.8, 4) is 5.69 Å². The number of benzene rings is 2. The summed E-state index contributed by atoms with van der Waals surface area (Å²) in [6.45, 7) is 4.95. The smallest absolute Gasteiger partial charge is 0.246 e. The van der Waals surface area contributed by atoms with Crippen LogP contribution in [0.15, 0.2) is 65.6 Å². The van der Waals surface area contributed by atoms with Crippen LogP contribution in [0.5, 0.6) is 0 Å². The van der Waals surface area contributed by atoms with Crippen molar-refractivity contribution >= 4 is 33.6 Å². The summed E-state index contributed by atoms with van der Waals surface area (Å²) >= 11 is 6.09. The topological polar surface area (TPSA) is 75.5 Å². The molecule has 0 spiro atoms. The summed E-state index contributed by atoms with van der Waals surface area (Å²) in [4.78, 5) is 14.5. The lowest BCUT2D eigenvalue weighted by Crippen LogP contribution is -2.50. The second kappa shape index (κ2) is 9.51. The molecule has 1 amide bonds. The van der Waals surface area contributed by atoms with E-state index in [0.717, 1.165) is 22.6 Å². The van der Waals surface area contributed by atoms with Crippen LogP contribution in [0.25, 0.3) is 11.8 Å². The number of hydrogen-bond donors (Lipinski definition) is 0. The molecule has 7 nitrogen and oxygen atoms in total. The number of aryl methyl sites for hydroxylation is 1. The number of halogens is 1. The minimum absolute atomic E-state index is 0.0905. The number of rotatable bonds is 5. The maximum absolute atomic E-state index is 12.9. The Bertz CT molecular complexity index is 1290. The second-order valence-corrected chi connectivity index (χ2v) is 10.1. The third-order valence-electron chi connectivity index (χ3n) is 5.75. The normalized spacial score (nSPS) is 15.3. The second-order valence-electron chi connectivity index (χ2n) is 7.82. The molecule has 0 radical (unpaired) electrons. The van der Waals surface area contributed by atoms with Crippen molar-refractivity contribution in [1.29, 1.82) is 0 Å². The van der Waals surface area contributed by atoms with Crippen molar-refractivity contribution in [1.82, 2.24) is 19.0 Å². The fourth-order valence-electron chi connectivity index (χ4n) is 3.92. The van der Waals surface area contributed by atoms with E-state index in [-0.39, 0.29) is 28.9 Å². The number of amides is 1. The van der Waals surface area contributed by atoms with Gasteiger partial charge >= 0.3 is 0 Å². The molecule has 4 rings (SSSR count). The molecule has 0 atom stereocenters. The number of piperazine rings is 1. The van der Waals surface area contributed by atoms with Crippen LogP contribution in [-0.4, -0.2) is 59.5 Å². The molecule has 2 heterocycles. The molecular formula is C24H25ClN4O3S. The van der Waals surface area contributed by atoms with Crippen LogP contribution in [0.2, 0.25) is 5.02 Å². The summed E-state index contributed by atoms with van der Waals surface area (Å²) in [5.74, 6) is -0.156. The van der Waals surface area contributed by atoms with Crippen LogP contribution in [-0.2, 0) is 14.8 Å². The molecule has 1 saturated heterocycles. The predicted molar refractivity (Wildman–Crippen MR) is 129 cm³/mol. The molecule has 0 N–H and O–H groups in total. The zero-order valence-electron chi connectivity index (χ0n) is 18.5. The minimum Gasteiger partial charge on any atom is -0.337 e. The van der Waals surface area contributed by atoms with E-state index >= 15 is 0 Å². The van der Waals surface area contributed by atoms with Gasteiger partial charge in [0.2, 0.25) is 15.9 Å². The Morgan fingerprint density at radius 2 is 1.61 bits per heavy atom. The lowest BCUT2D eigenvalue weighted by molar-refractivity contribution is -0.127. The van der Waals surface area contributed by atoms with E-state index in [9.17, 15) is 13.2 Å². The van der Waals surface area contributed by atoms with Crippen LogP contribution >= 0.6 is 11.6 Å². The van der Waals surface area contributed by atoms with Gasteiger partial charge in [-0.1, -0.05) is 41.9 Å². The highest BCUT2D eigenvalue weighted by molar-refractivity contribution is 7.89. The first-order valence-corrected chi connectivity index (χ1v) is 12.4. The molecule has 1 aliphatic rings. The van der Waals surface area contributed by atoms with Crippen molar-refractivity contribution in [2.75, 3.05) is 26.2 Å². The van der Waals surface area contributed by atoms with Gasteiger partial charge in [-0.05, 0) is 44.2 Å². The SMILES string of the molecule is Cc1nn(-c2ccccc2)c(C)c1/C=C/C(=O)N1CCN(S(=O)(=O)c2ccccc2Cl)CC1. The van der Waals surface area contributed by atoms with Gasteiger partial charge in [-0.25, -0.2) is 13.1 Å². The van der Waals surface area contributed by atoms with Gasteiger partial charge in [-0.2, -0.15) is 9.40 Å². The molecule has 3 aromatic rings. The molecular weight excluding hydrogens is 460 g/mol. The highest BCUT2D eigenvalue weighted by Gasteiger charge is 2.30. The quantitative estimate of drug-likeness (QED) is 0.517. The minimum atomic E-state index is -3.70. The summed E-state index contributed by atoms with van der Waals surface area (Å²) in [5.41, 5.74) is 3.63. The van der Waals surface area contributed by atoms with Crippen molar-refractivity contribution in [3.05, 3.63) is 82.6 Å². The average Bonchev–Trinajstić information content (AvgIpc) is 3.11. The zero-order chi connectivity index (χ0) is 23.6. The number of para-hydroxylation sites is 1. The Hall–Kier alpha value is -2.94. The predicted octanol–water partition coefficient (Wildman–Crippen LogP) is 3.69. The average molecular weight is 485 g/mol. The van der Waals surface area contributed by atoms with Crippen LogP contribution in [0.1, 0.15) is 17.0 Å². The zero-order valence-corrected chi connectivity index (χ0v) is 20.1. The summed E-state index contributed by atoms with van der Waals surface area (Å²) < 4.78 is 29.0. The van der Waals surface area contributed by atoms with E-state index in [2.05, 4.69) is 5.10 Å². The number of aromatic nitrogens is 2. The molecule has 1 fully saturated rings. The van der Waals surface area contributed by atoms with Crippen LogP contribution < -0.4 is 0 Å². The molecule has 33 heavy (non-hydrogen) atoms. The molecule has 0 bridgehead atoms. The molecule has 172 valence electrons. The number of sulfonamides is 1. The maximum Gasteiger partial charge on any atom is 0.246 e. The highest BCUT2D eigenvalue weighted by atomic mass is 35.5. The van der Waals surface area contributed by atoms with Crippen LogP contribution in [0.3, 0.4) is 0 Å². The molecule has 9 heteroatoms. The van der Waals surface area contributed by atoms with E-state index < -0.39 is 10.0 Å². The standard InChI is InChI=1S/C24H25ClN4O3S/c1-18-21(19(2)29(26-18)20-8-4-3-5-9-20)12-13-24(30)27-14-16-28(17-15-27)33(31,32)23-11-7-6-10-22(23)25/h3-13H,14-17H2,1-2H3/b13-12+. The third-order valence-corrected chi connectivity index (χ3v) is 8.14. The lowest BCUT2D eigenvalue weighted by atomic mass is 10.1. The summed E-state index contributed by atoms with van der Waals surface area (Å²) in [7, 11) is -3.70. The molecule has 0 unspecified atom stereocenters. The first-order valence-electron chi connectivity index (χ1n) is 10.6. The maximum atomic E-state index is 12.9. The molecule has 2 aromatic carbocycles. The van der Waals surface area contributed by atoms with E-state index in [1.807, 2.05) is 48.9 Å². The van der Waals surface area contributed by atoms with Gasteiger partial charge in [-0.3, -0.25) is 4.79 Å². The first-order chi connectivity index (χ1) is 15.8. The van der Waals surface area contributed by atoms with Gasteiger partial charge < -0.3 is 4.90 Å². The van der Waals surface area contributed by atoms with Crippen molar-refractivity contribution in [2.24, 2.45) is 0 Å². The van der Waals surface area contributed by atoms with Crippen LogP contribution in [0, 0.1) is 13.8 Å². The van der Waals surface area contributed by atoms with E-state index in [1.165, 1.54) is 16.4 Å². The van der Waals surface area contributed by atoms with Gasteiger partial charge in [-0.15, -0.1) is 0 Å². The Kier molecular flexibility index (Phi) is 6.69. The Labute approximate surface area is 198 Å². The molecule has 0 saturated carbocycles. The number of carbonyl (C=O) groups excluding carboxylic acids is 1. The Morgan fingerprint density at radius 3 is 2.27 bits per heavy atom. The van der Waals surface area contributed by atoms with Crippen molar-refractivity contribution < 1.29 is 13.2 Å². The van der Waals surface area contributed by atoms with Gasteiger partial charge in [0.15, 0.2) is 0 Å². The van der Waals surface area contributed by atoms with Gasteiger partial charge in [0, 0.05) is 43.5 Å². The summed E-state index contributed by atoms with van der Waals surface area (Å²) in [5, 5.41) is 4.80. The lowest BCUT2D eigenvalue weighted by Gasteiger charge is -2.33.